The fourth-order valence-electron chi connectivity index (χ4n) is 2.16. The van der Waals surface area contributed by atoms with E-state index >= 15 is 0 Å². The highest BCUT2D eigenvalue weighted by Crippen LogP contribution is 2.22. The van der Waals surface area contributed by atoms with Crippen molar-refractivity contribution in [1.29, 1.82) is 0 Å². The molecule has 2 N–H and O–H groups in total. The molecule has 5 heteroatoms. The molecular formula is C14H23N3O2. The number of pyridine rings is 1. The monoisotopic (exact) mass is 265 g/mol. The Hall–Kier alpha value is -1.17. The van der Waals surface area contributed by atoms with E-state index in [1.54, 1.807) is 12.4 Å². The Morgan fingerprint density at radius 3 is 3.16 bits per heavy atom. The summed E-state index contributed by atoms with van der Waals surface area (Å²) in [6, 6.07) is 1.80. The molecule has 0 saturated carbocycles. The summed E-state index contributed by atoms with van der Waals surface area (Å²) >= 11 is 0. The molecule has 0 aliphatic carbocycles. The van der Waals surface area contributed by atoms with Gasteiger partial charge in [-0.2, -0.15) is 0 Å². The molecule has 1 aromatic rings. The number of aromatic nitrogens is 1. The summed E-state index contributed by atoms with van der Waals surface area (Å²) in [5, 5.41) is 0. The average Bonchev–Trinajstić information content (AvgIpc) is 2.44. The Kier molecular flexibility index (Phi) is 5.13. The first kappa shape index (κ1) is 14.2. The Balaban J connectivity index is 2.03. The highest BCUT2D eigenvalue weighted by atomic mass is 16.5. The van der Waals surface area contributed by atoms with E-state index in [2.05, 4.69) is 23.9 Å². The molecule has 5 nitrogen and oxygen atoms in total. The molecule has 0 amide bonds. The fraction of sp³-hybridized carbons (Fsp3) is 0.643. The third-order valence-electron chi connectivity index (χ3n) is 3.29. The van der Waals surface area contributed by atoms with Crippen LogP contribution in [-0.2, 0) is 4.74 Å². The topological polar surface area (TPSA) is 60.6 Å². The normalized spacial score (nSPS) is 22.2. The van der Waals surface area contributed by atoms with Crippen LogP contribution in [0.2, 0.25) is 0 Å². The zero-order valence-corrected chi connectivity index (χ0v) is 11.7. The third-order valence-corrected chi connectivity index (χ3v) is 3.29. The molecule has 1 aliphatic rings. The second-order valence-electron chi connectivity index (χ2n) is 5.00. The zero-order chi connectivity index (χ0) is 13.7. The van der Waals surface area contributed by atoms with Gasteiger partial charge >= 0.3 is 0 Å². The second-order valence-corrected chi connectivity index (χ2v) is 5.00. The van der Waals surface area contributed by atoms with Crippen LogP contribution in [0, 0.1) is 0 Å². The molecule has 0 bridgehead atoms. The van der Waals surface area contributed by atoms with Gasteiger partial charge in [-0.05, 0) is 25.1 Å². The van der Waals surface area contributed by atoms with Crippen LogP contribution in [0.25, 0.3) is 0 Å². The van der Waals surface area contributed by atoms with Gasteiger partial charge in [0.2, 0.25) is 0 Å². The predicted molar refractivity (Wildman–Crippen MR) is 74.2 cm³/mol. The van der Waals surface area contributed by atoms with Crippen molar-refractivity contribution < 1.29 is 9.47 Å². The minimum atomic E-state index is -0.166. The van der Waals surface area contributed by atoms with Crippen molar-refractivity contribution in [1.82, 2.24) is 9.88 Å². The van der Waals surface area contributed by atoms with Crippen LogP contribution < -0.4 is 10.5 Å². The van der Waals surface area contributed by atoms with E-state index in [4.69, 9.17) is 15.2 Å². The van der Waals surface area contributed by atoms with Gasteiger partial charge in [-0.15, -0.1) is 0 Å². The Labute approximate surface area is 114 Å². The maximum absolute atomic E-state index is 6.28. The zero-order valence-electron chi connectivity index (χ0n) is 11.7. The summed E-state index contributed by atoms with van der Waals surface area (Å²) in [5.41, 5.74) is 7.25. The van der Waals surface area contributed by atoms with Gasteiger partial charge in [0.1, 0.15) is 5.75 Å². The summed E-state index contributed by atoms with van der Waals surface area (Å²) in [6.45, 7) is 5.31. The van der Waals surface area contributed by atoms with Crippen LogP contribution in [0.1, 0.15) is 24.9 Å². The second kappa shape index (κ2) is 6.84. The van der Waals surface area contributed by atoms with Gasteiger partial charge in [-0.25, -0.2) is 0 Å². The predicted octanol–water partition coefficient (Wildman–Crippen LogP) is 1.20. The number of nitrogens with two attached hydrogens (primary N) is 1. The molecular weight excluding hydrogens is 242 g/mol. The van der Waals surface area contributed by atoms with Gasteiger partial charge in [0.05, 0.1) is 31.6 Å². The molecule has 2 atom stereocenters. The summed E-state index contributed by atoms with van der Waals surface area (Å²) in [7, 11) is 2.08. The van der Waals surface area contributed by atoms with Crippen molar-refractivity contribution in [3.63, 3.8) is 0 Å². The van der Waals surface area contributed by atoms with E-state index in [0.717, 1.165) is 37.4 Å². The van der Waals surface area contributed by atoms with Gasteiger partial charge in [0, 0.05) is 19.3 Å². The largest absolute Gasteiger partial charge is 0.492 e. The molecule has 1 saturated heterocycles. The van der Waals surface area contributed by atoms with Gasteiger partial charge in [0.15, 0.2) is 0 Å². The van der Waals surface area contributed by atoms with Gasteiger partial charge in [-0.1, -0.05) is 6.92 Å². The molecule has 2 unspecified atom stereocenters. The lowest BCUT2D eigenvalue weighted by atomic mass is 10.0. The van der Waals surface area contributed by atoms with Crippen LogP contribution in [-0.4, -0.2) is 49.3 Å². The Morgan fingerprint density at radius 2 is 2.42 bits per heavy atom. The van der Waals surface area contributed by atoms with Crippen molar-refractivity contribution in [2.45, 2.75) is 25.5 Å². The van der Waals surface area contributed by atoms with Crippen LogP contribution in [0.3, 0.4) is 0 Å². The number of ether oxygens (including phenoxy) is 2. The molecule has 2 rings (SSSR count). The number of hydrogen-bond acceptors (Lipinski definition) is 5. The van der Waals surface area contributed by atoms with Gasteiger partial charge in [0.25, 0.3) is 0 Å². The molecule has 19 heavy (non-hydrogen) atoms. The summed E-state index contributed by atoms with van der Waals surface area (Å²) in [4.78, 5) is 6.43. The Morgan fingerprint density at radius 1 is 1.58 bits per heavy atom. The summed E-state index contributed by atoms with van der Waals surface area (Å²) < 4.78 is 11.3. The van der Waals surface area contributed by atoms with Crippen molar-refractivity contribution in [3.8, 4) is 5.75 Å². The molecule has 0 spiro atoms. The van der Waals surface area contributed by atoms with Crippen LogP contribution >= 0.6 is 0 Å². The quantitative estimate of drug-likeness (QED) is 0.867. The van der Waals surface area contributed by atoms with E-state index in [-0.39, 0.29) is 12.1 Å². The SMILES string of the molecule is CCCOc1cncc(C(N)C2CN(C)CCO2)c1. The maximum atomic E-state index is 6.28. The minimum Gasteiger partial charge on any atom is -0.492 e. The van der Waals surface area contributed by atoms with E-state index in [1.807, 2.05) is 6.07 Å². The molecule has 2 heterocycles. The first-order chi connectivity index (χ1) is 9.20. The highest BCUT2D eigenvalue weighted by molar-refractivity contribution is 5.26. The number of nitrogens with zero attached hydrogens (tertiary/aromatic N) is 2. The third kappa shape index (κ3) is 3.89. The van der Waals surface area contributed by atoms with Crippen molar-refractivity contribution in [2.24, 2.45) is 5.73 Å². The van der Waals surface area contributed by atoms with Crippen LogP contribution in [0.5, 0.6) is 5.75 Å². The number of rotatable bonds is 5. The van der Waals surface area contributed by atoms with Gasteiger partial charge < -0.3 is 20.1 Å². The molecule has 1 fully saturated rings. The first-order valence-corrected chi connectivity index (χ1v) is 6.84. The van der Waals surface area contributed by atoms with E-state index in [9.17, 15) is 0 Å². The number of hydrogen-bond donors (Lipinski definition) is 1. The standard InChI is InChI=1S/C14H23N3O2/c1-3-5-18-12-7-11(8-16-9-12)14(15)13-10-17(2)4-6-19-13/h7-9,13-14H,3-6,10,15H2,1-2H3. The smallest absolute Gasteiger partial charge is 0.137 e. The van der Waals surface area contributed by atoms with E-state index in [0.29, 0.717) is 6.61 Å². The molecule has 106 valence electrons. The fourth-order valence-corrected chi connectivity index (χ4v) is 2.16. The Bertz CT molecular complexity index is 400. The number of likely N-dealkylation sites (N-methyl/N-ethyl adjacent to an activating group) is 1. The lowest BCUT2D eigenvalue weighted by molar-refractivity contribution is -0.0326. The average molecular weight is 265 g/mol. The van der Waals surface area contributed by atoms with E-state index in [1.165, 1.54) is 0 Å². The van der Waals surface area contributed by atoms with Crippen LogP contribution in [0.4, 0.5) is 0 Å². The van der Waals surface area contributed by atoms with Crippen molar-refractivity contribution in [2.75, 3.05) is 33.4 Å². The van der Waals surface area contributed by atoms with Crippen molar-refractivity contribution in [3.05, 3.63) is 24.0 Å². The molecule has 1 aliphatic heterocycles. The van der Waals surface area contributed by atoms with E-state index < -0.39 is 0 Å². The highest BCUT2D eigenvalue weighted by Gasteiger charge is 2.25. The van der Waals surface area contributed by atoms with Gasteiger partial charge in [-0.3, -0.25) is 4.98 Å². The maximum Gasteiger partial charge on any atom is 0.137 e. The first-order valence-electron chi connectivity index (χ1n) is 6.84. The lowest BCUT2D eigenvalue weighted by Crippen LogP contribution is -2.45. The number of morpholine rings is 1. The minimum absolute atomic E-state index is 0.0157. The molecule has 1 aromatic heterocycles. The molecule has 0 aromatic carbocycles. The lowest BCUT2D eigenvalue weighted by Gasteiger charge is -2.33. The molecule has 0 radical (unpaired) electrons. The van der Waals surface area contributed by atoms with Crippen LogP contribution in [0.15, 0.2) is 18.5 Å². The summed E-state index contributed by atoms with van der Waals surface area (Å²) in [5.74, 6) is 0.777. The van der Waals surface area contributed by atoms with Crippen molar-refractivity contribution >= 4 is 0 Å². The summed E-state index contributed by atoms with van der Waals surface area (Å²) in [6.07, 6.45) is 4.51.